The van der Waals surface area contributed by atoms with Crippen LogP contribution in [0.1, 0.15) is 36.3 Å². The summed E-state index contributed by atoms with van der Waals surface area (Å²) >= 11 is 1.77. The van der Waals surface area contributed by atoms with E-state index >= 15 is 0 Å². The number of hydrogen-bond acceptors (Lipinski definition) is 3. The summed E-state index contributed by atoms with van der Waals surface area (Å²) in [5.74, 6) is 1.11. The number of hydrogen-bond donors (Lipinski definition) is 1. The van der Waals surface area contributed by atoms with Gasteiger partial charge in [-0.05, 0) is 25.3 Å². The lowest BCUT2D eigenvalue weighted by Crippen LogP contribution is -2.13. The Morgan fingerprint density at radius 2 is 2.38 bits per heavy atom. The van der Waals surface area contributed by atoms with Crippen LogP contribution >= 0.6 is 11.3 Å². The van der Waals surface area contributed by atoms with Gasteiger partial charge in [0.15, 0.2) is 0 Å². The lowest BCUT2D eigenvalue weighted by atomic mass is 10.2. The summed E-state index contributed by atoms with van der Waals surface area (Å²) in [4.78, 5) is 5.82. The first-order valence-corrected chi connectivity index (χ1v) is 6.42. The summed E-state index contributed by atoms with van der Waals surface area (Å²) in [6.07, 6.45) is 2.80. The first-order chi connectivity index (χ1) is 7.72. The normalized spacial score (nSPS) is 12.9. The van der Waals surface area contributed by atoms with Gasteiger partial charge in [-0.2, -0.15) is 0 Å². The fourth-order valence-corrected chi connectivity index (χ4v) is 2.57. The van der Waals surface area contributed by atoms with Crippen molar-refractivity contribution in [2.24, 2.45) is 5.73 Å². The average molecular weight is 235 g/mol. The molecule has 0 aliphatic rings. The molecule has 86 valence electrons. The standard InChI is InChI=1S/C12H17N3S/c1-3-15-11(9(2)13)8-14-12(15)7-10-5-4-6-16-10/h4-6,8-9H,3,7,13H2,1-2H3. The number of imidazole rings is 1. The second-order valence-corrected chi connectivity index (χ2v) is 4.92. The minimum atomic E-state index is 0.0459. The largest absolute Gasteiger partial charge is 0.331 e. The minimum Gasteiger partial charge on any atom is -0.331 e. The highest BCUT2D eigenvalue weighted by Gasteiger charge is 2.12. The van der Waals surface area contributed by atoms with Crippen LogP contribution in [0.15, 0.2) is 23.7 Å². The van der Waals surface area contributed by atoms with Gasteiger partial charge in [0.05, 0.1) is 11.9 Å². The van der Waals surface area contributed by atoms with E-state index in [1.165, 1.54) is 4.88 Å². The van der Waals surface area contributed by atoms with Gasteiger partial charge in [-0.1, -0.05) is 6.07 Å². The predicted octanol–water partition coefficient (Wildman–Crippen LogP) is 2.58. The molecule has 0 aliphatic carbocycles. The van der Waals surface area contributed by atoms with Crippen LogP contribution in [0.25, 0.3) is 0 Å². The van der Waals surface area contributed by atoms with Crippen molar-refractivity contribution in [2.75, 3.05) is 0 Å². The first kappa shape index (κ1) is 11.4. The molecule has 1 unspecified atom stereocenters. The summed E-state index contributed by atoms with van der Waals surface area (Å²) in [7, 11) is 0. The molecule has 2 aromatic rings. The highest BCUT2D eigenvalue weighted by molar-refractivity contribution is 7.09. The van der Waals surface area contributed by atoms with E-state index in [9.17, 15) is 0 Å². The molecular weight excluding hydrogens is 218 g/mol. The fourth-order valence-electron chi connectivity index (χ4n) is 1.87. The Morgan fingerprint density at radius 1 is 1.56 bits per heavy atom. The van der Waals surface area contributed by atoms with Crippen molar-refractivity contribution in [3.63, 3.8) is 0 Å². The average Bonchev–Trinajstić information content (AvgIpc) is 2.87. The molecule has 1 atom stereocenters. The molecule has 2 aromatic heterocycles. The third-order valence-corrected chi connectivity index (χ3v) is 3.54. The molecule has 0 fully saturated rings. The Morgan fingerprint density at radius 3 is 2.94 bits per heavy atom. The van der Waals surface area contributed by atoms with E-state index in [4.69, 9.17) is 5.73 Å². The second-order valence-electron chi connectivity index (χ2n) is 3.89. The van der Waals surface area contributed by atoms with E-state index in [1.54, 1.807) is 11.3 Å². The van der Waals surface area contributed by atoms with Crippen LogP contribution in [0.4, 0.5) is 0 Å². The van der Waals surface area contributed by atoms with Crippen molar-refractivity contribution < 1.29 is 0 Å². The zero-order valence-electron chi connectivity index (χ0n) is 9.68. The van der Waals surface area contributed by atoms with Crippen LogP contribution in [-0.4, -0.2) is 9.55 Å². The SMILES string of the molecule is CCn1c(C(C)N)cnc1Cc1cccs1. The van der Waals surface area contributed by atoms with E-state index in [0.29, 0.717) is 0 Å². The number of rotatable bonds is 4. The topological polar surface area (TPSA) is 43.8 Å². The van der Waals surface area contributed by atoms with Crippen molar-refractivity contribution in [3.8, 4) is 0 Å². The number of nitrogens with two attached hydrogens (primary N) is 1. The number of thiophene rings is 1. The molecule has 0 bridgehead atoms. The highest BCUT2D eigenvalue weighted by atomic mass is 32.1. The van der Waals surface area contributed by atoms with Crippen LogP contribution < -0.4 is 5.73 Å². The van der Waals surface area contributed by atoms with Gasteiger partial charge >= 0.3 is 0 Å². The molecule has 2 N–H and O–H groups in total. The Labute approximate surface area is 99.9 Å². The minimum absolute atomic E-state index is 0.0459. The smallest absolute Gasteiger partial charge is 0.114 e. The third-order valence-electron chi connectivity index (χ3n) is 2.66. The fraction of sp³-hybridized carbons (Fsp3) is 0.417. The van der Waals surface area contributed by atoms with Crippen molar-refractivity contribution in [3.05, 3.63) is 40.1 Å². The molecule has 2 rings (SSSR count). The molecule has 3 nitrogen and oxygen atoms in total. The molecule has 16 heavy (non-hydrogen) atoms. The molecule has 0 aliphatic heterocycles. The van der Waals surface area contributed by atoms with Gasteiger partial charge in [0.25, 0.3) is 0 Å². The van der Waals surface area contributed by atoms with Crippen LogP contribution in [-0.2, 0) is 13.0 Å². The zero-order chi connectivity index (χ0) is 11.5. The summed E-state index contributed by atoms with van der Waals surface area (Å²) in [6.45, 7) is 5.06. The Balaban J connectivity index is 2.27. The van der Waals surface area contributed by atoms with Crippen molar-refractivity contribution in [1.29, 1.82) is 0 Å². The van der Waals surface area contributed by atoms with E-state index in [-0.39, 0.29) is 6.04 Å². The summed E-state index contributed by atoms with van der Waals surface area (Å²) in [5.41, 5.74) is 7.04. The van der Waals surface area contributed by atoms with Gasteiger partial charge in [-0.3, -0.25) is 0 Å². The molecule has 2 heterocycles. The van der Waals surface area contributed by atoms with E-state index in [0.717, 1.165) is 24.5 Å². The first-order valence-electron chi connectivity index (χ1n) is 5.54. The lowest BCUT2D eigenvalue weighted by molar-refractivity contribution is 0.633. The molecule has 4 heteroatoms. The Kier molecular flexibility index (Phi) is 3.41. The van der Waals surface area contributed by atoms with Gasteiger partial charge in [-0.25, -0.2) is 4.98 Å². The van der Waals surface area contributed by atoms with Crippen LogP contribution in [0.3, 0.4) is 0 Å². The summed E-state index contributed by atoms with van der Waals surface area (Å²) in [6, 6.07) is 4.26. The highest BCUT2D eigenvalue weighted by Crippen LogP contribution is 2.18. The summed E-state index contributed by atoms with van der Waals surface area (Å²) < 4.78 is 2.21. The maximum atomic E-state index is 5.92. The summed E-state index contributed by atoms with van der Waals surface area (Å²) in [5, 5.41) is 2.10. The Bertz CT molecular complexity index is 443. The van der Waals surface area contributed by atoms with Crippen molar-refractivity contribution >= 4 is 11.3 Å². The maximum Gasteiger partial charge on any atom is 0.114 e. The van der Waals surface area contributed by atoms with Crippen molar-refractivity contribution in [2.45, 2.75) is 32.9 Å². The zero-order valence-corrected chi connectivity index (χ0v) is 10.5. The van der Waals surface area contributed by atoms with Crippen LogP contribution in [0, 0.1) is 0 Å². The molecule has 0 saturated carbocycles. The van der Waals surface area contributed by atoms with E-state index in [1.807, 2.05) is 13.1 Å². The van der Waals surface area contributed by atoms with Crippen LogP contribution in [0.2, 0.25) is 0 Å². The van der Waals surface area contributed by atoms with Gasteiger partial charge < -0.3 is 10.3 Å². The van der Waals surface area contributed by atoms with Crippen LogP contribution in [0.5, 0.6) is 0 Å². The quantitative estimate of drug-likeness (QED) is 0.885. The van der Waals surface area contributed by atoms with Gasteiger partial charge in [-0.15, -0.1) is 11.3 Å². The molecular formula is C12H17N3S. The monoisotopic (exact) mass is 235 g/mol. The number of aromatic nitrogens is 2. The molecule has 0 saturated heterocycles. The molecule has 0 aromatic carbocycles. The second kappa shape index (κ2) is 4.80. The van der Waals surface area contributed by atoms with Gasteiger partial charge in [0.2, 0.25) is 0 Å². The van der Waals surface area contributed by atoms with Gasteiger partial charge in [0, 0.05) is 23.9 Å². The predicted molar refractivity (Wildman–Crippen MR) is 67.6 cm³/mol. The molecule has 0 radical (unpaired) electrons. The van der Waals surface area contributed by atoms with E-state index < -0.39 is 0 Å². The third kappa shape index (κ3) is 2.18. The van der Waals surface area contributed by atoms with E-state index in [2.05, 4.69) is 34.0 Å². The lowest BCUT2D eigenvalue weighted by Gasteiger charge is -2.11. The Hall–Kier alpha value is -1.13. The molecule has 0 spiro atoms. The number of nitrogens with zero attached hydrogens (tertiary/aromatic N) is 2. The maximum absolute atomic E-state index is 5.92. The molecule has 0 amide bonds. The van der Waals surface area contributed by atoms with Crippen molar-refractivity contribution in [1.82, 2.24) is 9.55 Å². The van der Waals surface area contributed by atoms with Gasteiger partial charge in [0.1, 0.15) is 5.82 Å².